The van der Waals surface area contributed by atoms with E-state index in [1.165, 1.54) is 19.3 Å². The van der Waals surface area contributed by atoms with Gasteiger partial charge in [0.05, 0.1) is 0 Å². The van der Waals surface area contributed by atoms with Gasteiger partial charge in [0.1, 0.15) is 13.2 Å². The first kappa shape index (κ1) is 59.3. The van der Waals surface area contributed by atoms with Crippen LogP contribution in [0.2, 0.25) is 0 Å². The highest BCUT2D eigenvalue weighted by Gasteiger charge is 2.19. The highest BCUT2D eigenvalue weighted by molar-refractivity contribution is 5.71. The summed E-state index contributed by atoms with van der Waals surface area (Å²) in [6.07, 6.45) is 72.7. The second kappa shape index (κ2) is 50.9. The Balaban J connectivity index is 4.59. The van der Waals surface area contributed by atoms with Crippen LogP contribution in [-0.4, -0.2) is 37.2 Å². The van der Waals surface area contributed by atoms with E-state index >= 15 is 0 Å². The predicted molar refractivity (Wildman–Crippen MR) is 274 cm³/mol. The minimum atomic E-state index is -0.835. The summed E-state index contributed by atoms with van der Waals surface area (Å²) in [7, 11) is 0. The van der Waals surface area contributed by atoms with Gasteiger partial charge in [-0.2, -0.15) is 0 Å². The third-order valence-electron chi connectivity index (χ3n) is 9.68. The lowest BCUT2D eigenvalue weighted by Gasteiger charge is -2.18. The number of ether oxygens (including phenoxy) is 3. The van der Waals surface area contributed by atoms with E-state index in [0.717, 1.165) is 116 Å². The van der Waals surface area contributed by atoms with Crippen LogP contribution in [0.5, 0.6) is 0 Å². The van der Waals surface area contributed by atoms with E-state index in [0.29, 0.717) is 12.8 Å². The van der Waals surface area contributed by atoms with Crippen LogP contribution in [0.3, 0.4) is 0 Å². The number of rotatable bonds is 42. The Morgan fingerprint density at radius 2 is 0.672 bits per heavy atom. The largest absolute Gasteiger partial charge is 0.462 e. The first-order valence-corrected chi connectivity index (χ1v) is 24.9. The van der Waals surface area contributed by atoms with Crippen molar-refractivity contribution in [3.8, 4) is 0 Å². The topological polar surface area (TPSA) is 78.9 Å². The standard InChI is InChI=1S/C58H88O6/c1-4-7-10-13-16-19-22-25-27-28-29-30-31-34-36-39-42-45-48-51-57(60)63-54-55(53-62-56(59)50-47-44-41-38-35-32-24-21-18-15-12-9-6-3)64-58(61)52-49-46-43-40-37-33-26-23-20-17-14-11-8-5-2/h7-12,15-21,24-25,27,29-30,32,34-36,42,45,55H,4-6,13-14,22-23,26,28,31,33,37-41,43-44,46-54H2,1-3H3/b10-7-,11-8-,12-9-,18-15-,19-16-,20-17-,24-21-,27-25-,30-29-,35-32-,36-34-,45-42-. The third-order valence-corrected chi connectivity index (χ3v) is 9.68. The van der Waals surface area contributed by atoms with Crippen LogP contribution >= 0.6 is 0 Å². The molecular weight excluding hydrogens is 793 g/mol. The molecule has 356 valence electrons. The molecule has 1 unspecified atom stereocenters. The minimum Gasteiger partial charge on any atom is -0.462 e. The summed E-state index contributed by atoms with van der Waals surface area (Å²) in [6, 6.07) is 0. The van der Waals surface area contributed by atoms with Gasteiger partial charge < -0.3 is 14.2 Å². The Labute approximate surface area is 391 Å². The van der Waals surface area contributed by atoms with Crippen LogP contribution in [0.25, 0.3) is 0 Å². The Morgan fingerprint density at radius 3 is 1.17 bits per heavy atom. The number of allylic oxidation sites excluding steroid dienone is 24. The highest BCUT2D eigenvalue weighted by atomic mass is 16.6. The molecule has 0 saturated heterocycles. The van der Waals surface area contributed by atoms with Gasteiger partial charge in [0.15, 0.2) is 6.10 Å². The summed E-state index contributed by atoms with van der Waals surface area (Å²) < 4.78 is 16.7. The molecule has 0 fully saturated rings. The number of hydrogen-bond donors (Lipinski definition) is 0. The normalized spacial score (nSPS) is 13.4. The molecule has 0 aliphatic carbocycles. The Bertz CT molecular complexity index is 1480. The van der Waals surface area contributed by atoms with E-state index in [2.05, 4.69) is 118 Å². The second-order valence-electron chi connectivity index (χ2n) is 15.7. The van der Waals surface area contributed by atoms with Crippen LogP contribution in [0.15, 0.2) is 146 Å². The number of carbonyl (C=O) groups is 3. The number of unbranched alkanes of at least 4 members (excludes halogenated alkanes) is 10. The first-order chi connectivity index (χ1) is 31.5. The van der Waals surface area contributed by atoms with Gasteiger partial charge in [0, 0.05) is 19.3 Å². The van der Waals surface area contributed by atoms with E-state index in [4.69, 9.17) is 14.2 Å². The van der Waals surface area contributed by atoms with Crippen molar-refractivity contribution in [2.75, 3.05) is 13.2 Å². The van der Waals surface area contributed by atoms with Gasteiger partial charge in [-0.3, -0.25) is 14.4 Å². The zero-order chi connectivity index (χ0) is 46.5. The van der Waals surface area contributed by atoms with Gasteiger partial charge in [-0.25, -0.2) is 0 Å². The van der Waals surface area contributed by atoms with Crippen molar-refractivity contribution in [2.45, 2.75) is 187 Å². The molecule has 0 heterocycles. The van der Waals surface area contributed by atoms with Gasteiger partial charge >= 0.3 is 17.9 Å². The molecule has 0 N–H and O–H groups in total. The molecule has 0 rings (SSSR count). The van der Waals surface area contributed by atoms with Crippen LogP contribution in [-0.2, 0) is 28.6 Å². The SMILES string of the molecule is CC\C=C/C=C\C=C/C=C\CCCCCC(=O)OCC(COC(=O)CC/C=C\C/C=C\C/C=C\C/C=C\C/C=C\C/C=C\CC)OC(=O)CCCCCCCCC/C=C\C/C=C\CC. The third kappa shape index (κ3) is 48.3. The van der Waals surface area contributed by atoms with E-state index in [1.807, 2.05) is 48.6 Å². The number of carbonyl (C=O) groups excluding carboxylic acids is 3. The second-order valence-corrected chi connectivity index (χ2v) is 15.7. The van der Waals surface area contributed by atoms with Crippen LogP contribution in [0.4, 0.5) is 0 Å². The molecule has 0 aliphatic heterocycles. The maximum Gasteiger partial charge on any atom is 0.306 e. The van der Waals surface area contributed by atoms with Gasteiger partial charge in [0.2, 0.25) is 0 Å². The molecule has 0 saturated carbocycles. The fourth-order valence-electron chi connectivity index (χ4n) is 6.04. The van der Waals surface area contributed by atoms with Gasteiger partial charge in [-0.05, 0) is 103 Å². The Morgan fingerprint density at radius 1 is 0.328 bits per heavy atom. The van der Waals surface area contributed by atoms with Gasteiger partial charge in [-0.1, -0.05) is 205 Å². The van der Waals surface area contributed by atoms with Crippen molar-refractivity contribution in [1.29, 1.82) is 0 Å². The predicted octanol–water partition coefficient (Wildman–Crippen LogP) is 16.5. The molecule has 1 atom stereocenters. The van der Waals surface area contributed by atoms with E-state index in [-0.39, 0.29) is 44.0 Å². The molecule has 64 heavy (non-hydrogen) atoms. The molecule has 6 heteroatoms. The van der Waals surface area contributed by atoms with Gasteiger partial charge in [0.25, 0.3) is 0 Å². The lowest BCUT2D eigenvalue weighted by molar-refractivity contribution is -0.166. The van der Waals surface area contributed by atoms with Crippen molar-refractivity contribution < 1.29 is 28.6 Å². The summed E-state index contributed by atoms with van der Waals surface area (Å²) in [5.41, 5.74) is 0. The molecule has 0 amide bonds. The summed E-state index contributed by atoms with van der Waals surface area (Å²) in [5, 5.41) is 0. The lowest BCUT2D eigenvalue weighted by Crippen LogP contribution is -2.30. The van der Waals surface area contributed by atoms with E-state index in [1.54, 1.807) is 0 Å². The van der Waals surface area contributed by atoms with Crippen molar-refractivity contribution in [2.24, 2.45) is 0 Å². The van der Waals surface area contributed by atoms with Crippen LogP contribution in [0, 0.1) is 0 Å². The monoisotopic (exact) mass is 881 g/mol. The fraction of sp³-hybridized carbons (Fsp3) is 0.534. The van der Waals surface area contributed by atoms with Crippen molar-refractivity contribution in [3.05, 3.63) is 146 Å². The first-order valence-electron chi connectivity index (χ1n) is 24.9. The Hall–Kier alpha value is -4.71. The average molecular weight is 881 g/mol. The summed E-state index contributed by atoms with van der Waals surface area (Å²) in [6.45, 7) is 6.14. The molecular formula is C58H88O6. The maximum atomic E-state index is 12.8. The summed E-state index contributed by atoms with van der Waals surface area (Å²) in [4.78, 5) is 37.9. The van der Waals surface area contributed by atoms with Crippen LogP contribution < -0.4 is 0 Å². The summed E-state index contributed by atoms with van der Waals surface area (Å²) >= 11 is 0. The molecule has 0 aromatic carbocycles. The zero-order valence-corrected chi connectivity index (χ0v) is 40.5. The maximum absolute atomic E-state index is 12.8. The molecule has 0 spiro atoms. The van der Waals surface area contributed by atoms with Crippen LogP contribution in [0.1, 0.15) is 181 Å². The number of hydrogen-bond acceptors (Lipinski definition) is 6. The van der Waals surface area contributed by atoms with Gasteiger partial charge in [-0.15, -0.1) is 0 Å². The van der Waals surface area contributed by atoms with Crippen molar-refractivity contribution in [3.63, 3.8) is 0 Å². The Kier molecular flexibility index (Phi) is 47.2. The number of esters is 3. The molecule has 0 aromatic heterocycles. The smallest absolute Gasteiger partial charge is 0.306 e. The zero-order valence-electron chi connectivity index (χ0n) is 40.5. The van der Waals surface area contributed by atoms with Crippen molar-refractivity contribution in [1.82, 2.24) is 0 Å². The minimum absolute atomic E-state index is 0.132. The molecule has 6 nitrogen and oxygen atoms in total. The molecule has 0 aliphatic rings. The average Bonchev–Trinajstić information content (AvgIpc) is 3.29. The van der Waals surface area contributed by atoms with E-state index in [9.17, 15) is 14.4 Å². The summed E-state index contributed by atoms with van der Waals surface area (Å²) in [5.74, 6) is -1.08. The molecule has 0 bridgehead atoms. The molecule has 0 aromatic rings. The van der Waals surface area contributed by atoms with Crippen molar-refractivity contribution >= 4 is 17.9 Å². The lowest BCUT2D eigenvalue weighted by atomic mass is 10.1. The highest BCUT2D eigenvalue weighted by Crippen LogP contribution is 2.12. The fourth-order valence-corrected chi connectivity index (χ4v) is 6.04. The quantitative estimate of drug-likeness (QED) is 0.0200. The van der Waals surface area contributed by atoms with E-state index < -0.39 is 6.10 Å². The molecule has 0 radical (unpaired) electrons.